The second kappa shape index (κ2) is 6.78. The first-order valence-corrected chi connectivity index (χ1v) is 4.57. The number of halogens is 2. The lowest BCUT2D eigenvalue weighted by molar-refractivity contribution is -0.147. The van der Waals surface area contributed by atoms with E-state index in [1.165, 1.54) is 0 Å². The van der Waals surface area contributed by atoms with Crippen LogP contribution < -0.4 is 5.32 Å². The van der Waals surface area contributed by atoms with Gasteiger partial charge in [-0.1, -0.05) is 18.2 Å². The smallest absolute Gasteiger partial charge is 0.394 e. The third-order valence-electron chi connectivity index (χ3n) is 2.03. The van der Waals surface area contributed by atoms with E-state index >= 15 is 0 Å². The van der Waals surface area contributed by atoms with Crippen LogP contribution in [0.25, 0.3) is 10.9 Å². The van der Waals surface area contributed by atoms with Crippen LogP contribution in [-0.4, -0.2) is 22.0 Å². The molecule has 1 heterocycles. The third kappa shape index (κ3) is 3.58. The summed E-state index contributed by atoms with van der Waals surface area (Å²) in [6.07, 6.45) is 0. The number of carbonyl (C=O) groups excluding carboxylic acids is 1. The Morgan fingerprint density at radius 1 is 1.06 bits per heavy atom. The van der Waals surface area contributed by atoms with E-state index in [4.69, 9.17) is 5.11 Å². The van der Waals surface area contributed by atoms with E-state index in [9.17, 15) is 9.59 Å². The van der Waals surface area contributed by atoms with E-state index in [0.29, 0.717) is 5.52 Å². The Balaban J connectivity index is 0.00000144. The van der Waals surface area contributed by atoms with Gasteiger partial charge in [-0.2, -0.15) is 0 Å². The largest absolute Gasteiger partial charge is 0.474 e. The lowest BCUT2D eigenvalue weighted by atomic mass is 10.2. The molecule has 2 N–H and O–H groups in total. The molecule has 0 aliphatic carbocycles. The highest BCUT2D eigenvalue weighted by atomic mass is 35.5. The normalized spacial score (nSPS) is 8.89. The van der Waals surface area contributed by atoms with Gasteiger partial charge in [0.1, 0.15) is 5.82 Å². The Morgan fingerprint density at radius 2 is 1.72 bits per heavy atom. The Labute approximate surface area is 115 Å². The average Bonchev–Trinajstić information content (AvgIpc) is 2.28. The number of anilines is 1. The lowest BCUT2D eigenvalue weighted by Gasteiger charge is -2.02. The molecule has 7 heteroatoms. The summed E-state index contributed by atoms with van der Waals surface area (Å²) in [5.41, 5.74) is 0.700. The van der Waals surface area contributed by atoms with Gasteiger partial charge in [-0.15, -0.1) is 24.8 Å². The zero-order valence-electron chi connectivity index (χ0n) is 8.99. The molecule has 1 amide bonds. The fourth-order valence-electron chi connectivity index (χ4n) is 1.31. The van der Waals surface area contributed by atoms with Crippen LogP contribution in [0.1, 0.15) is 0 Å². The van der Waals surface area contributed by atoms with Gasteiger partial charge in [-0.05, 0) is 18.2 Å². The maximum atomic E-state index is 10.9. The number of rotatable bonds is 1. The van der Waals surface area contributed by atoms with E-state index in [1.807, 2.05) is 18.2 Å². The predicted octanol–water partition coefficient (Wildman–Crippen LogP) is 2.10. The van der Waals surface area contributed by atoms with E-state index in [-0.39, 0.29) is 30.6 Å². The summed E-state index contributed by atoms with van der Waals surface area (Å²) < 4.78 is 0. The highest BCUT2D eigenvalue weighted by Gasteiger charge is 2.11. The summed E-state index contributed by atoms with van der Waals surface area (Å²) >= 11 is 0. The van der Waals surface area contributed by atoms with Gasteiger partial charge in [0.15, 0.2) is 0 Å². The highest BCUT2D eigenvalue weighted by Crippen LogP contribution is 2.14. The van der Waals surface area contributed by atoms with Crippen LogP contribution in [-0.2, 0) is 9.59 Å². The molecule has 1 aromatic heterocycles. The van der Waals surface area contributed by atoms with E-state index < -0.39 is 11.9 Å². The first kappa shape index (κ1) is 16.2. The van der Waals surface area contributed by atoms with Gasteiger partial charge in [0.25, 0.3) is 0 Å². The van der Waals surface area contributed by atoms with E-state index in [2.05, 4.69) is 10.3 Å². The zero-order valence-corrected chi connectivity index (χ0v) is 10.6. The lowest BCUT2D eigenvalue weighted by Crippen LogP contribution is -2.22. The monoisotopic (exact) mass is 288 g/mol. The van der Waals surface area contributed by atoms with Crippen molar-refractivity contribution in [2.24, 2.45) is 0 Å². The van der Waals surface area contributed by atoms with Crippen LogP contribution >= 0.6 is 24.8 Å². The molecule has 18 heavy (non-hydrogen) atoms. The molecule has 96 valence electrons. The molecular formula is C11H10Cl2N2O3. The molecule has 0 saturated carbocycles. The van der Waals surface area contributed by atoms with Gasteiger partial charge in [-0.3, -0.25) is 4.79 Å². The summed E-state index contributed by atoms with van der Waals surface area (Å²) in [4.78, 5) is 25.3. The van der Waals surface area contributed by atoms with Gasteiger partial charge < -0.3 is 10.4 Å². The van der Waals surface area contributed by atoms with Gasteiger partial charge in [-0.25, -0.2) is 9.78 Å². The number of aliphatic carboxylic acids is 1. The van der Waals surface area contributed by atoms with Crippen LogP contribution in [0.3, 0.4) is 0 Å². The second-order valence-electron chi connectivity index (χ2n) is 3.15. The molecule has 0 aliphatic rings. The molecule has 2 rings (SSSR count). The number of carbonyl (C=O) groups is 2. The van der Waals surface area contributed by atoms with Crippen LogP contribution in [0.2, 0.25) is 0 Å². The summed E-state index contributed by atoms with van der Waals surface area (Å²) in [6, 6.07) is 10.7. The second-order valence-corrected chi connectivity index (χ2v) is 3.15. The number of nitrogens with one attached hydrogen (secondary N) is 1. The molecule has 0 aliphatic heterocycles. The number of carboxylic acids is 1. The molecule has 0 unspecified atom stereocenters. The molecule has 2 aromatic rings. The number of aromatic nitrogens is 1. The van der Waals surface area contributed by atoms with E-state index in [1.54, 1.807) is 18.2 Å². The van der Waals surface area contributed by atoms with Crippen LogP contribution in [0, 0.1) is 0 Å². The minimum atomic E-state index is -1.53. The van der Waals surface area contributed by atoms with Crippen molar-refractivity contribution in [1.29, 1.82) is 0 Å². The molecule has 0 atom stereocenters. The quantitative estimate of drug-likeness (QED) is 0.788. The summed E-state index contributed by atoms with van der Waals surface area (Å²) in [5, 5.41) is 11.5. The summed E-state index contributed by atoms with van der Waals surface area (Å²) in [6.45, 7) is 0. The Hall–Kier alpha value is -1.85. The number of carboxylic acid groups (broad SMARTS) is 1. The molecule has 0 bridgehead atoms. The van der Waals surface area contributed by atoms with E-state index in [0.717, 1.165) is 5.39 Å². The third-order valence-corrected chi connectivity index (χ3v) is 2.03. The molecular weight excluding hydrogens is 279 g/mol. The fourth-order valence-corrected chi connectivity index (χ4v) is 1.31. The minimum absolute atomic E-state index is 0. The van der Waals surface area contributed by atoms with Crippen molar-refractivity contribution in [2.45, 2.75) is 0 Å². The standard InChI is InChI=1S/C11H8N2O3.2ClH/c14-10(11(15)16)13-9-6-5-7-3-1-2-4-8(7)12-9;;/h1-6H,(H,15,16)(H,12,13,14);2*1H. The number of benzene rings is 1. The maximum absolute atomic E-state index is 10.9. The predicted molar refractivity (Wildman–Crippen MR) is 72.5 cm³/mol. The number of hydrogen-bond acceptors (Lipinski definition) is 3. The van der Waals surface area contributed by atoms with Gasteiger partial charge >= 0.3 is 11.9 Å². The van der Waals surface area contributed by atoms with Crippen molar-refractivity contribution in [2.75, 3.05) is 5.32 Å². The summed E-state index contributed by atoms with van der Waals surface area (Å²) in [5.74, 6) is -2.40. The number of amides is 1. The van der Waals surface area contributed by atoms with Gasteiger partial charge in [0.05, 0.1) is 5.52 Å². The first-order valence-electron chi connectivity index (χ1n) is 4.57. The topological polar surface area (TPSA) is 79.3 Å². The van der Waals surface area contributed by atoms with Crippen molar-refractivity contribution in [3.63, 3.8) is 0 Å². The summed E-state index contributed by atoms with van der Waals surface area (Å²) in [7, 11) is 0. The molecule has 0 radical (unpaired) electrons. The Bertz CT molecular complexity index is 575. The number of nitrogens with zero attached hydrogens (tertiary/aromatic N) is 1. The number of para-hydroxylation sites is 1. The van der Waals surface area contributed by atoms with Crippen molar-refractivity contribution >= 4 is 53.4 Å². The van der Waals surface area contributed by atoms with Crippen molar-refractivity contribution in [1.82, 2.24) is 4.98 Å². The van der Waals surface area contributed by atoms with Gasteiger partial charge in [0, 0.05) is 5.39 Å². The first-order chi connectivity index (χ1) is 7.66. The Kier molecular flexibility index (Phi) is 6.08. The van der Waals surface area contributed by atoms with Crippen molar-refractivity contribution in [3.05, 3.63) is 36.4 Å². The van der Waals surface area contributed by atoms with Crippen LogP contribution in [0.15, 0.2) is 36.4 Å². The average molecular weight is 289 g/mol. The molecule has 0 spiro atoms. The molecule has 0 saturated heterocycles. The van der Waals surface area contributed by atoms with Crippen molar-refractivity contribution < 1.29 is 14.7 Å². The fraction of sp³-hybridized carbons (Fsp3) is 0. The number of hydrogen-bond donors (Lipinski definition) is 2. The minimum Gasteiger partial charge on any atom is -0.474 e. The highest BCUT2D eigenvalue weighted by molar-refractivity contribution is 6.36. The maximum Gasteiger partial charge on any atom is 0.394 e. The van der Waals surface area contributed by atoms with Crippen LogP contribution in [0.4, 0.5) is 5.82 Å². The Morgan fingerprint density at radius 3 is 2.39 bits per heavy atom. The zero-order chi connectivity index (χ0) is 11.5. The van der Waals surface area contributed by atoms with Crippen molar-refractivity contribution in [3.8, 4) is 0 Å². The van der Waals surface area contributed by atoms with Gasteiger partial charge in [0.2, 0.25) is 0 Å². The van der Waals surface area contributed by atoms with Crippen LogP contribution in [0.5, 0.6) is 0 Å². The molecule has 1 aromatic carbocycles. The number of fused-ring (bicyclic) bond motifs is 1. The molecule has 5 nitrogen and oxygen atoms in total. The number of pyridine rings is 1. The SMILES string of the molecule is Cl.Cl.O=C(O)C(=O)Nc1ccc2ccccc2n1. The molecule has 0 fully saturated rings.